The van der Waals surface area contributed by atoms with Crippen molar-refractivity contribution in [1.82, 2.24) is 0 Å². The van der Waals surface area contributed by atoms with E-state index >= 15 is 0 Å². The Labute approximate surface area is 100 Å². The maximum atomic E-state index is 11.8. The molecule has 1 heterocycles. The maximum absolute atomic E-state index is 11.8. The van der Waals surface area contributed by atoms with E-state index in [0.29, 0.717) is 23.5 Å². The lowest BCUT2D eigenvalue weighted by Crippen LogP contribution is -2.29. The zero-order valence-electron chi connectivity index (χ0n) is 8.93. The molecule has 0 spiro atoms. The third-order valence-corrected chi connectivity index (χ3v) is 2.43. The van der Waals surface area contributed by atoms with Crippen molar-refractivity contribution in [3.05, 3.63) is 23.8 Å². The highest BCUT2D eigenvalue weighted by atomic mass is 35.5. The van der Waals surface area contributed by atoms with Crippen molar-refractivity contribution in [3.63, 3.8) is 0 Å². The van der Waals surface area contributed by atoms with Crippen molar-refractivity contribution in [3.8, 4) is 11.5 Å². The van der Waals surface area contributed by atoms with Crippen molar-refractivity contribution in [1.29, 1.82) is 0 Å². The minimum absolute atomic E-state index is 0. The maximum Gasteiger partial charge on any atom is 0.231 e. The highest BCUT2D eigenvalue weighted by molar-refractivity contribution is 6.00. The van der Waals surface area contributed by atoms with Gasteiger partial charge in [0.15, 0.2) is 17.3 Å². The molecule has 0 fully saturated rings. The van der Waals surface area contributed by atoms with E-state index in [1.54, 1.807) is 18.2 Å². The predicted octanol–water partition coefficient (Wildman–Crippen LogP) is 1.76. The van der Waals surface area contributed by atoms with Crippen molar-refractivity contribution in [2.75, 3.05) is 6.79 Å². The van der Waals surface area contributed by atoms with Gasteiger partial charge in [-0.1, -0.05) is 6.92 Å². The molecule has 16 heavy (non-hydrogen) atoms. The van der Waals surface area contributed by atoms with Gasteiger partial charge in [0.25, 0.3) is 0 Å². The summed E-state index contributed by atoms with van der Waals surface area (Å²) in [5, 5.41) is 0. The van der Waals surface area contributed by atoms with Gasteiger partial charge in [0.05, 0.1) is 6.04 Å². The number of carbonyl (C=O) groups excluding carboxylic acids is 1. The van der Waals surface area contributed by atoms with Gasteiger partial charge in [0.1, 0.15) is 0 Å². The van der Waals surface area contributed by atoms with E-state index in [9.17, 15) is 4.79 Å². The average molecular weight is 244 g/mol. The molecule has 1 aliphatic heterocycles. The third kappa shape index (κ3) is 2.28. The van der Waals surface area contributed by atoms with Crippen molar-refractivity contribution in [2.45, 2.75) is 19.4 Å². The molecular weight excluding hydrogens is 230 g/mol. The molecule has 1 aromatic rings. The quantitative estimate of drug-likeness (QED) is 0.822. The molecule has 0 saturated heterocycles. The first-order valence-corrected chi connectivity index (χ1v) is 4.92. The monoisotopic (exact) mass is 243 g/mol. The first-order chi connectivity index (χ1) is 7.22. The molecule has 2 rings (SSSR count). The SMILES string of the molecule is CCC(N)C(=O)c1ccc2c(c1)OCO2.Cl. The van der Waals surface area contributed by atoms with Gasteiger partial charge in [-0.25, -0.2) is 0 Å². The van der Waals surface area contributed by atoms with E-state index in [0.717, 1.165) is 0 Å². The zero-order chi connectivity index (χ0) is 10.8. The summed E-state index contributed by atoms with van der Waals surface area (Å²) < 4.78 is 10.3. The molecule has 0 amide bonds. The Morgan fingerprint density at radius 1 is 1.44 bits per heavy atom. The summed E-state index contributed by atoms with van der Waals surface area (Å²) in [7, 11) is 0. The van der Waals surface area contributed by atoms with Crippen LogP contribution in [0.3, 0.4) is 0 Å². The van der Waals surface area contributed by atoms with Crippen molar-refractivity contribution >= 4 is 18.2 Å². The van der Waals surface area contributed by atoms with Gasteiger partial charge in [-0.3, -0.25) is 4.79 Å². The standard InChI is InChI=1S/C11H13NO3.ClH/c1-2-8(12)11(13)7-3-4-9-10(5-7)15-6-14-9;/h3-5,8H,2,6,12H2,1H3;1H. The van der Waals surface area contributed by atoms with Crippen LogP contribution < -0.4 is 15.2 Å². The van der Waals surface area contributed by atoms with Gasteiger partial charge < -0.3 is 15.2 Å². The lowest BCUT2D eigenvalue weighted by molar-refractivity contribution is 0.0959. The second-order valence-electron chi connectivity index (χ2n) is 3.45. The summed E-state index contributed by atoms with van der Waals surface area (Å²) in [5.41, 5.74) is 6.25. The van der Waals surface area contributed by atoms with Gasteiger partial charge in [-0.05, 0) is 24.6 Å². The van der Waals surface area contributed by atoms with Crippen LogP contribution in [0.25, 0.3) is 0 Å². The van der Waals surface area contributed by atoms with Crippen LogP contribution in [0.2, 0.25) is 0 Å². The Morgan fingerprint density at radius 2 is 2.12 bits per heavy atom. The lowest BCUT2D eigenvalue weighted by Gasteiger charge is -2.07. The van der Waals surface area contributed by atoms with Crippen molar-refractivity contribution in [2.24, 2.45) is 5.73 Å². The number of fused-ring (bicyclic) bond motifs is 1. The van der Waals surface area contributed by atoms with Crippen LogP contribution in [0.15, 0.2) is 18.2 Å². The highest BCUT2D eigenvalue weighted by Crippen LogP contribution is 2.32. The predicted molar refractivity (Wildman–Crippen MR) is 62.4 cm³/mol. The first-order valence-electron chi connectivity index (χ1n) is 4.92. The molecule has 1 aromatic carbocycles. The Hall–Kier alpha value is -1.26. The van der Waals surface area contributed by atoms with Crippen LogP contribution in [-0.2, 0) is 0 Å². The number of Topliss-reactive ketones (excluding diaryl/α,β-unsaturated/α-hetero) is 1. The second kappa shape index (κ2) is 5.18. The Morgan fingerprint density at radius 3 is 2.81 bits per heavy atom. The topological polar surface area (TPSA) is 61.6 Å². The number of ketones is 1. The molecule has 0 aromatic heterocycles. The molecular formula is C11H14ClNO3. The van der Waals surface area contributed by atoms with Crippen LogP contribution in [-0.4, -0.2) is 18.6 Å². The second-order valence-corrected chi connectivity index (χ2v) is 3.45. The fourth-order valence-electron chi connectivity index (χ4n) is 1.45. The molecule has 1 unspecified atom stereocenters. The fraction of sp³-hybridized carbons (Fsp3) is 0.364. The van der Waals surface area contributed by atoms with Crippen LogP contribution in [0.4, 0.5) is 0 Å². The average Bonchev–Trinajstić information content (AvgIpc) is 2.73. The Bertz CT molecular complexity index is 395. The summed E-state index contributed by atoms with van der Waals surface area (Å²) in [5.74, 6) is 1.23. The molecule has 5 heteroatoms. The third-order valence-electron chi connectivity index (χ3n) is 2.43. The molecule has 1 aliphatic rings. The number of hydrogen-bond donors (Lipinski definition) is 1. The van der Waals surface area contributed by atoms with Crippen LogP contribution in [0.5, 0.6) is 11.5 Å². The molecule has 0 aliphatic carbocycles. The summed E-state index contributed by atoms with van der Waals surface area (Å²) >= 11 is 0. The summed E-state index contributed by atoms with van der Waals surface area (Å²) in [6, 6.07) is 4.69. The summed E-state index contributed by atoms with van der Waals surface area (Å²) in [6.45, 7) is 2.10. The van der Waals surface area contributed by atoms with E-state index in [1.807, 2.05) is 6.92 Å². The molecule has 2 N–H and O–H groups in total. The van der Waals surface area contributed by atoms with E-state index in [-0.39, 0.29) is 25.0 Å². The van der Waals surface area contributed by atoms with Crippen LogP contribution in [0.1, 0.15) is 23.7 Å². The summed E-state index contributed by atoms with van der Waals surface area (Å²) in [4.78, 5) is 11.8. The normalized spacial score (nSPS) is 14.1. The Balaban J connectivity index is 0.00000128. The van der Waals surface area contributed by atoms with Gasteiger partial charge >= 0.3 is 0 Å². The van der Waals surface area contributed by atoms with E-state index < -0.39 is 6.04 Å². The van der Waals surface area contributed by atoms with E-state index in [4.69, 9.17) is 15.2 Å². The molecule has 0 radical (unpaired) electrons. The first kappa shape index (κ1) is 12.8. The molecule has 1 atom stereocenters. The Kier molecular flexibility index (Phi) is 4.15. The number of benzene rings is 1. The number of rotatable bonds is 3. The van der Waals surface area contributed by atoms with E-state index in [1.165, 1.54) is 0 Å². The molecule has 0 bridgehead atoms. The van der Waals surface area contributed by atoms with Crippen LogP contribution >= 0.6 is 12.4 Å². The van der Waals surface area contributed by atoms with Gasteiger partial charge in [-0.2, -0.15) is 0 Å². The lowest BCUT2D eigenvalue weighted by atomic mass is 10.0. The number of ether oxygens (including phenoxy) is 2. The zero-order valence-corrected chi connectivity index (χ0v) is 9.75. The minimum atomic E-state index is -0.439. The highest BCUT2D eigenvalue weighted by Gasteiger charge is 2.18. The van der Waals surface area contributed by atoms with Crippen molar-refractivity contribution < 1.29 is 14.3 Å². The number of carbonyl (C=O) groups is 1. The summed E-state index contributed by atoms with van der Waals surface area (Å²) in [6.07, 6.45) is 0.632. The van der Waals surface area contributed by atoms with Gasteiger partial charge in [0.2, 0.25) is 6.79 Å². The molecule has 4 nitrogen and oxygen atoms in total. The fourth-order valence-corrected chi connectivity index (χ4v) is 1.45. The molecule has 88 valence electrons. The van der Waals surface area contributed by atoms with E-state index in [2.05, 4.69) is 0 Å². The molecule has 0 saturated carbocycles. The largest absolute Gasteiger partial charge is 0.454 e. The van der Waals surface area contributed by atoms with Gasteiger partial charge in [0, 0.05) is 5.56 Å². The van der Waals surface area contributed by atoms with Crippen LogP contribution in [0, 0.1) is 0 Å². The smallest absolute Gasteiger partial charge is 0.231 e. The number of hydrogen-bond acceptors (Lipinski definition) is 4. The van der Waals surface area contributed by atoms with Gasteiger partial charge in [-0.15, -0.1) is 12.4 Å². The number of halogens is 1. The number of nitrogens with two attached hydrogens (primary N) is 1. The minimum Gasteiger partial charge on any atom is -0.454 e.